The second kappa shape index (κ2) is 10.2. The average Bonchev–Trinajstić information content (AvgIpc) is 3.29. The number of hydrogen-bond acceptors (Lipinski definition) is 6. The van der Waals surface area contributed by atoms with Crippen LogP contribution >= 0.6 is 0 Å². The Balaban J connectivity index is 1.40. The van der Waals surface area contributed by atoms with Crippen LogP contribution < -0.4 is 0 Å². The number of piperidine rings is 1. The molecule has 0 amide bonds. The van der Waals surface area contributed by atoms with Gasteiger partial charge in [0.15, 0.2) is 0 Å². The van der Waals surface area contributed by atoms with Crippen molar-refractivity contribution in [2.45, 2.75) is 38.5 Å². The quantitative estimate of drug-likeness (QED) is 0.527. The smallest absolute Gasteiger partial charge is 0.142 e. The van der Waals surface area contributed by atoms with Gasteiger partial charge in [0.2, 0.25) is 0 Å². The molecule has 1 unspecified atom stereocenters. The lowest BCUT2D eigenvalue weighted by Crippen LogP contribution is -2.47. The predicted octanol–water partition coefficient (Wildman–Crippen LogP) is 3.42. The fraction of sp³-hybridized carbons (Fsp3) is 0.375. The molecule has 7 nitrogen and oxygen atoms in total. The molecule has 0 aliphatic carbocycles. The van der Waals surface area contributed by atoms with Crippen LogP contribution in [0.4, 0.5) is 8.78 Å². The maximum atomic E-state index is 14.6. The van der Waals surface area contributed by atoms with Crippen LogP contribution in [0.15, 0.2) is 60.3 Å². The number of aryl methyl sites for hydroxylation is 1. The Kier molecular flexibility index (Phi) is 7.10. The van der Waals surface area contributed by atoms with Crippen molar-refractivity contribution in [3.05, 3.63) is 83.4 Å². The van der Waals surface area contributed by atoms with Gasteiger partial charge in [-0.25, -0.2) is 18.4 Å². The number of nitrogens with zero attached hydrogens (tertiary/aromatic N) is 5. The highest BCUT2D eigenvalue weighted by Gasteiger charge is 2.36. The van der Waals surface area contributed by atoms with Gasteiger partial charge in [-0.3, -0.25) is 4.90 Å². The molecular weight excluding hydrogens is 428 g/mol. The lowest BCUT2D eigenvalue weighted by Gasteiger charge is -2.36. The third-order valence-electron chi connectivity index (χ3n) is 5.92. The average molecular weight is 456 g/mol. The summed E-state index contributed by atoms with van der Waals surface area (Å²) in [6, 6.07) is 11.2. The van der Waals surface area contributed by atoms with Gasteiger partial charge in [0.1, 0.15) is 36.5 Å². The fourth-order valence-corrected chi connectivity index (χ4v) is 4.07. The van der Waals surface area contributed by atoms with Crippen molar-refractivity contribution >= 4 is 5.71 Å². The number of benzene rings is 2. The summed E-state index contributed by atoms with van der Waals surface area (Å²) < 4.78 is 29.5. The summed E-state index contributed by atoms with van der Waals surface area (Å²) in [6.07, 6.45) is 4.17. The summed E-state index contributed by atoms with van der Waals surface area (Å²) in [5, 5.41) is 19.8. The van der Waals surface area contributed by atoms with E-state index in [4.69, 9.17) is 4.84 Å². The SMILES string of the molecule is Cc1ccccc1CON=C1CCN(CC(O)(Cn2cncn2)c2ccc(F)cc2F)CC1. The summed E-state index contributed by atoms with van der Waals surface area (Å²) in [4.78, 5) is 11.5. The number of likely N-dealkylation sites (tertiary alicyclic amines) is 1. The van der Waals surface area contributed by atoms with E-state index in [0.717, 1.165) is 29.0 Å². The van der Waals surface area contributed by atoms with Crippen molar-refractivity contribution in [3.63, 3.8) is 0 Å². The molecule has 2 heterocycles. The van der Waals surface area contributed by atoms with E-state index < -0.39 is 17.2 Å². The Morgan fingerprint density at radius 1 is 1.12 bits per heavy atom. The van der Waals surface area contributed by atoms with Crippen LogP contribution in [0.2, 0.25) is 0 Å². The molecule has 1 atom stereocenters. The number of rotatable bonds is 8. The number of halogens is 2. The van der Waals surface area contributed by atoms with Crippen molar-refractivity contribution in [1.82, 2.24) is 19.7 Å². The minimum absolute atomic E-state index is 0.00740. The normalized spacial score (nSPS) is 16.4. The van der Waals surface area contributed by atoms with E-state index in [1.165, 1.54) is 23.4 Å². The van der Waals surface area contributed by atoms with E-state index in [-0.39, 0.29) is 18.7 Å². The van der Waals surface area contributed by atoms with E-state index in [9.17, 15) is 13.9 Å². The first-order valence-corrected chi connectivity index (χ1v) is 10.9. The molecule has 0 radical (unpaired) electrons. The number of aliphatic hydroxyl groups is 1. The second-order valence-electron chi connectivity index (χ2n) is 8.38. The molecule has 1 N–H and O–H groups in total. The lowest BCUT2D eigenvalue weighted by atomic mass is 9.91. The monoisotopic (exact) mass is 455 g/mol. The molecule has 0 spiro atoms. The molecule has 0 bridgehead atoms. The molecule has 174 valence electrons. The zero-order chi connectivity index (χ0) is 23.3. The summed E-state index contributed by atoms with van der Waals surface area (Å²) in [5.74, 6) is -1.48. The lowest BCUT2D eigenvalue weighted by molar-refractivity contribution is -0.0220. The third kappa shape index (κ3) is 5.80. The van der Waals surface area contributed by atoms with Gasteiger partial charge in [0.25, 0.3) is 0 Å². The standard InChI is InChI=1S/C24H27F2N5O2/c1-18-4-2-3-5-19(18)13-33-29-21-8-10-30(11-9-21)14-24(32,15-31-17-27-16-28-31)22-7-6-20(25)12-23(22)26/h2-7,12,16-17,32H,8-11,13-15H2,1H3. The van der Waals surface area contributed by atoms with E-state index in [1.807, 2.05) is 36.1 Å². The minimum atomic E-state index is -1.61. The maximum absolute atomic E-state index is 14.6. The van der Waals surface area contributed by atoms with Crippen molar-refractivity contribution in [2.75, 3.05) is 19.6 Å². The molecule has 1 aromatic heterocycles. The van der Waals surface area contributed by atoms with Gasteiger partial charge in [0.05, 0.1) is 12.3 Å². The molecule has 1 fully saturated rings. The van der Waals surface area contributed by atoms with E-state index in [2.05, 4.69) is 15.2 Å². The summed E-state index contributed by atoms with van der Waals surface area (Å²) in [7, 11) is 0. The predicted molar refractivity (Wildman–Crippen MR) is 119 cm³/mol. The number of oxime groups is 1. The first-order chi connectivity index (χ1) is 15.9. The molecule has 9 heteroatoms. The Morgan fingerprint density at radius 2 is 1.91 bits per heavy atom. The number of hydrogen-bond donors (Lipinski definition) is 1. The van der Waals surface area contributed by atoms with Crippen molar-refractivity contribution in [3.8, 4) is 0 Å². The van der Waals surface area contributed by atoms with Gasteiger partial charge < -0.3 is 9.94 Å². The Morgan fingerprint density at radius 3 is 2.61 bits per heavy atom. The molecule has 1 aliphatic heterocycles. The fourth-order valence-electron chi connectivity index (χ4n) is 4.07. The topological polar surface area (TPSA) is 75.8 Å². The zero-order valence-electron chi connectivity index (χ0n) is 18.5. The maximum Gasteiger partial charge on any atom is 0.142 e. The Hall–Kier alpha value is -3.17. The molecule has 4 rings (SSSR count). The molecule has 1 saturated heterocycles. The van der Waals surface area contributed by atoms with Gasteiger partial charge in [-0.05, 0) is 24.1 Å². The van der Waals surface area contributed by atoms with Gasteiger partial charge in [-0.1, -0.05) is 35.5 Å². The van der Waals surface area contributed by atoms with Crippen molar-refractivity contribution < 1.29 is 18.7 Å². The Bertz CT molecular complexity index is 1100. The van der Waals surface area contributed by atoms with Gasteiger partial charge in [-0.2, -0.15) is 5.10 Å². The number of aromatic nitrogens is 3. The second-order valence-corrected chi connectivity index (χ2v) is 8.38. The molecular formula is C24H27F2N5O2. The van der Waals surface area contributed by atoms with Crippen LogP contribution in [0.3, 0.4) is 0 Å². The largest absolute Gasteiger partial charge is 0.391 e. The van der Waals surface area contributed by atoms with Crippen LogP contribution in [0.1, 0.15) is 29.5 Å². The highest BCUT2D eigenvalue weighted by molar-refractivity contribution is 5.84. The van der Waals surface area contributed by atoms with Crippen LogP contribution in [-0.4, -0.2) is 50.1 Å². The van der Waals surface area contributed by atoms with Crippen LogP contribution in [0.5, 0.6) is 0 Å². The first-order valence-electron chi connectivity index (χ1n) is 10.9. The highest BCUT2D eigenvalue weighted by Crippen LogP contribution is 2.28. The van der Waals surface area contributed by atoms with Gasteiger partial charge >= 0.3 is 0 Å². The Labute approximate surface area is 191 Å². The molecule has 0 saturated carbocycles. The third-order valence-corrected chi connectivity index (χ3v) is 5.92. The van der Waals surface area contributed by atoms with Crippen molar-refractivity contribution in [1.29, 1.82) is 0 Å². The molecule has 3 aromatic rings. The van der Waals surface area contributed by atoms with Gasteiger partial charge in [-0.15, -0.1) is 0 Å². The van der Waals surface area contributed by atoms with Crippen LogP contribution in [0, 0.1) is 18.6 Å². The van der Waals surface area contributed by atoms with E-state index in [0.29, 0.717) is 32.5 Å². The first kappa shape index (κ1) is 23.0. The number of β-amino-alcohol motifs (C(OH)–C–C–N with tert-alkyl or cyclic N) is 1. The van der Waals surface area contributed by atoms with Crippen molar-refractivity contribution in [2.24, 2.45) is 5.16 Å². The van der Waals surface area contributed by atoms with Crippen LogP contribution in [0.25, 0.3) is 0 Å². The molecule has 33 heavy (non-hydrogen) atoms. The highest BCUT2D eigenvalue weighted by atomic mass is 19.1. The van der Waals surface area contributed by atoms with E-state index in [1.54, 1.807) is 0 Å². The zero-order valence-corrected chi connectivity index (χ0v) is 18.5. The summed E-state index contributed by atoms with van der Waals surface area (Å²) in [5.41, 5.74) is 1.63. The molecule has 1 aliphatic rings. The van der Waals surface area contributed by atoms with Crippen LogP contribution in [-0.2, 0) is 23.6 Å². The van der Waals surface area contributed by atoms with Gasteiger partial charge in [0, 0.05) is 44.1 Å². The summed E-state index contributed by atoms with van der Waals surface area (Å²) >= 11 is 0. The summed E-state index contributed by atoms with van der Waals surface area (Å²) in [6.45, 7) is 3.87. The minimum Gasteiger partial charge on any atom is -0.391 e. The molecule has 2 aromatic carbocycles. The van der Waals surface area contributed by atoms with E-state index >= 15 is 0 Å².